The molecule has 0 aromatic heterocycles. The van der Waals surface area contributed by atoms with Gasteiger partial charge in [0.2, 0.25) is 0 Å². The summed E-state index contributed by atoms with van der Waals surface area (Å²) in [4.78, 5) is 12.3. The molecule has 2 aromatic carbocycles. The second-order valence-electron chi connectivity index (χ2n) is 5.84. The minimum Gasteiger partial charge on any atom is -0.493 e. The van der Waals surface area contributed by atoms with E-state index in [1.807, 2.05) is 32.0 Å². The Morgan fingerprint density at radius 1 is 1.10 bits per heavy atom. The van der Waals surface area contributed by atoms with Crippen LogP contribution < -0.4 is 4.74 Å². The molecule has 0 amide bonds. The number of fused-ring (bicyclic) bond motifs is 1. The van der Waals surface area contributed by atoms with E-state index in [1.165, 1.54) is 11.1 Å². The Bertz CT molecular complexity index is 666. The maximum Gasteiger partial charge on any atom is 0.163 e. The zero-order valence-corrected chi connectivity index (χ0v) is 12.6. The van der Waals surface area contributed by atoms with Gasteiger partial charge in [0, 0.05) is 18.4 Å². The molecule has 1 aliphatic rings. The van der Waals surface area contributed by atoms with Crippen LogP contribution in [0.15, 0.2) is 36.4 Å². The molecule has 0 saturated heterocycles. The van der Waals surface area contributed by atoms with Crippen LogP contribution in [0.3, 0.4) is 0 Å². The Labute approximate surface area is 125 Å². The Morgan fingerprint density at radius 2 is 1.86 bits per heavy atom. The van der Waals surface area contributed by atoms with Crippen LogP contribution in [-0.4, -0.2) is 12.4 Å². The summed E-state index contributed by atoms with van der Waals surface area (Å²) in [5, 5.41) is 0. The molecule has 2 heteroatoms. The second-order valence-corrected chi connectivity index (χ2v) is 5.84. The first-order chi connectivity index (χ1) is 10.1. The SMILES string of the molecule is Cc1cc(C)cc(C(=O)CCc2ccc3c(c2)CCO3)c1. The standard InChI is InChI=1S/C19H20O2/c1-13-9-14(2)11-17(10-13)18(20)5-3-15-4-6-19-16(12-15)7-8-21-19/h4,6,9-12H,3,5,7-8H2,1-2H3. The van der Waals surface area contributed by atoms with Gasteiger partial charge in [-0.3, -0.25) is 4.79 Å². The molecule has 108 valence electrons. The normalized spacial score (nSPS) is 12.9. The van der Waals surface area contributed by atoms with Gasteiger partial charge in [-0.25, -0.2) is 0 Å². The summed E-state index contributed by atoms with van der Waals surface area (Å²) in [7, 11) is 0. The number of hydrogen-bond acceptors (Lipinski definition) is 2. The number of ketones is 1. The number of rotatable bonds is 4. The van der Waals surface area contributed by atoms with E-state index in [1.54, 1.807) is 0 Å². The van der Waals surface area contributed by atoms with Crippen molar-refractivity contribution in [2.75, 3.05) is 6.61 Å². The Kier molecular flexibility index (Phi) is 3.78. The van der Waals surface area contributed by atoms with Crippen LogP contribution >= 0.6 is 0 Å². The lowest BCUT2D eigenvalue weighted by atomic mass is 9.98. The number of Topliss-reactive ketones (excluding diaryl/α,β-unsaturated/α-hetero) is 1. The van der Waals surface area contributed by atoms with Crippen molar-refractivity contribution in [3.05, 3.63) is 64.2 Å². The van der Waals surface area contributed by atoms with Crippen molar-refractivity contribution in [3.8, 4) is 5.75 Å². The number of hydrogen-bond donors (Lipinski definition) is 0. The van der Waals surface area contributed by atoms with Gasteiger partial charge in [0.25, 0.3) is 0 Å². The molecule has 0 fully saturated rings. The van der Waals surface area contributed by atoms with Crippen LogP contribution in [0.5, 0.6) is 5.75 Å². The molecular formula is C19H20O2. The van der Waals surface area contributed by atoms with E-state index >= 15 is 0 Å². The molecule has 0 aliphatic carbocycles. The van der Waals surface area contributed by atoms with Crippen LogP contribution in [0.1, 0.15) is 39.0 Å². The smallest absolute Gasteiger partial charge is 0.163 e. The lowest BCUT2D eigenvalue weighted by molar-refractivity contribution is 0.0982. The highest BCUT2D eigenvalue weighted by atomic mass is 16.5. The van der Waals surface area contributed by atoms with Crippen LogP contribution in [-0.2, 0) is 12.8 Å². The van der Waals surface area contributed by atoms with Crippen LogP contribution in [0.25, 0.3) is 0 Å². The van der Waals surface area contributed by atoms with Crippen molar-refractivity contribution < 1.29 is 9.53 Å². The van der Waals surface area contributed by atoms with Crippen molar-refractivity contribution in [1.29, 1.82) is 0 Å². The van der Waals surface area contributed by atoms with Crippen molar-refractivity contribution in [2.24, 2.45) is 0 Å². The zero-order chi connectivity index (χ0) is 14.8. The van der Waals surface area contributed by atoms with Gasteiger partial charge in [0.05, 0.1) is 6.61 Å². The van der Waals surface area contributed by atoms with Gasteiger partial charge in [-0.1, -0.05) is 29.3 Å². The number of ether oxygens (including phenoxy) is 1. The van der Waals surface area contributed by atoms with Crippen LogP contribution in [0.4, 0.5) is 0 Å². The summed E-state index contributed by atoms with van der Waals surface area (Å²) in [6, 6.07) is 12.3. The minimum atomic E-state index is 0.221. The molecule has 0 atom stereocenters. The lowest BCUT2D eigenvalue weighted by Crippen LogP contribution is -2.02. The summed E-state index contributed by atoms with van der Waals surface area (Å²) in [6.07, 6.45) is 2.33. The van der Waals surface area contributed by atoms with Gasteiger partial charge in [-0.05, 0) is 49.6 Å². The zero-order valence-electron chi connectivity index (χ0n) is 12.6. The molecule has 0 N–H and O–H groups in total. The second kappa shape index (κ2) is 5.72. The highest BCUT2D eigenvalue weighted by Crippen LogP contribution is 2.26. The fourth-order valence-electron chi connectivity index (χ4n) is 2.93. The predicted molar refractivity (Wildman–Crippen MR) is 84.2 cm³/mol. The van der Waals surface area contributed by atoms with E-state index in [4.69, 9.17) is 4.74 Å². The molecule has 0 bridgehead atoms. The summed E-state index contributed by atoms with van der Waals surface area (Å²) in [5.41, 5.74) is 5.61. The molecule has 21 heavy (non-hydrogen) atoms. The van der Waals surface area contributed by atoms with Gasteiger partial charge in [0.15, 0.2) is 5.78 Å². The average Bonchev–Trinajstić information content (AvgIpc) is 2.91. The summed E-state index contributed by atoms with van der Waals surface area (Å²) >= 11 is 0. The summed E-state index contributed by atoms with van der Waals surface area (Å²) in [5.74, 6) is 1.22. The first-order valence-corrected chi connectivity index (χ1v) is 7.48. The average molecular weight is 280 g/mol. The minimum absolute atomic E-state index is 0.221. The van der Waals surface area contributed by atoms with E-state index < -0.39 is 0 Å². The van der Waals surface area contributed by atoms with E-state index in [9.17, 15) is 4.79 Å². The van der Waals surface area contributed by atoms with Crippen molar-refractivity contribution in [3.63, 3.8) is 0 Å². The van der Waals surface area contributed by atoms with Crippen LogP contribution in [0.2, 0.25) is 0 Å². The number of carbonyl (C=O) groups is 1. The largest absolute Gasteiger partial charge is 0.493 e. The van der Waals surface area contributed by atoms with Crippen molar-refractivity contribution in [1.82, 2.24) is 0 Å². The number of aryl methyl sites for hydroxylation is 3. The molecule has 0 unspecified atom stereocenters. The molecule has 0 saturated carbocycles. The quantitative estimate of drug-likeness (QED) is 0.790. The van der Waals surface area contributed by atoms with Crippen LogP contribution in [0, 0.1) is 13.8 Å². The predicted octanol–water partition coefficient (Wildman–Crippen LogP) is 4.05. The molecule has 1 aliphatic heterocycles. The fraction of sp³-hybridized carbons (Fsp3) is 0.316. The van der Waals surface area contributed by atoms with Crippen molar-refractivity contribution >= 4 is 5.78 Å². The van der Waals surface area contributed by atoms with E-state index in [0.29, 0.717) is 6.42 Å². The topological polar surface area (TPSA) is 26.3 Å². The third kappa shape index (κ3) is 3.15. The molecule has 0 spiro atoms. The third-order valence-corrected chi connectivity index (χ3v) is 3.94. The Balaban J connectivity index is 1.68. The van der Waals surface area contributed by atoms with E-state index in [-0.39, 0.29) is 5.78 Å². The van der Waals surface area contributed by atoms with E-state index in [2.05, 4.69) is 18.2 Å². The monoisotopic (exact) mass is 280 g/mol. The number of carbonyl (C=O) groups excluding carboxylic acids is 1. The fourth-order valence-corrected chi connectivity index (χ4v) is 2.93. The maximum atomic E-state index is 12.3. The molecule has 2 nitrogen and oxygen atoms in total. The molecule has 1 heterocycles. The van der Waals surface area contributed by atoms with Gasteiger partial charge in [-0.2, -0.15) is 0 Å². The maximum absolute atomic E-state index is 12.3. The van der Waals surface area contributed by atoms with Gasteiger partial charge in [0.1, 0.15) is 5.75 Å². The number of benzene rings is 2. The Morgan fingerprint density at radius 3 is 2.62 bits per heavy atom. The molecular weight excluding hydrogens is 260 g/mol. The lowest BCUT2D eigenvalue weighted by Gasteiger charge is -2.06. The van der Waals surface area contributed by atoms with Crippen molar-refractivity contribution in [2.45, 2.75) is 33.1 Å². The van der Waals surface area contributed by atoms with Gasteiger partial charge >= 0.3 is 0 Å². The van der Waals surface area contributed by atoms with E-state index in [0.717, 1.165) is 41.9 Å². The third-order valence-electron chi connectivity index (χ3n) is 3.94. The highest BCUT2D eigenvalue weighted by molar-refractivity contribution is 5.96. The molecule has 3 rings (SSSR count). The highest BCUT2D eigenvalue weighted by Gasteiger charge is 2.13. The first-order valence-electron chi connectivity index (χ1n) is 7.48. The van der Waals surface area contributed by atoms with Gasteiger partial charge in [-0.15, -0.1) is 0 Å². The first kappa shape index (κ1) is 13.9. The molecule has 0 radical (unpaired) electrons. The molecule has 2 aromatic rings. The summed E-state index contributed by atoms with van der Waals surface area (Å²) < 4.78 is 5.51. The Hall–Kier alpha value is -2.09. The van der Waals surface area contributed by atoms with Gasteiger partial charge < -0.3 is 4.74 Å². The summed E-state index contributed by atoms with van der Waals surface area (Å²) in [6.45, 7) is 4.84.